The van der Waals surface area contributed by atoms with Crippen LogP contribution in [0.5, 0.6) is 0 Å². The van der Waals surface area contributed by atoms with E-state index in [2.05, 4.69) is 39.0 Å². The first-order valence-corrected chi connectivity index (χ1v) is 11.0. The first-order chi connectivity index (χ1) is 12.2. The van der Waals surface area contributed by atoms with Crippen LogP contribution in [0.3, 0.4) is 0 Å². The number of rotatable bonds is 4. The summed E-state index contributed by atoms with van der Waals surface area (Å²) >= 11 is 0. The molecule has 3 aliphatic carbocycles. The Bertz CT molecular complexity index is 640. The first kappa shape index (κ1) is 17.4. The average Bonchev–Trinajstić information content (AvgIpc) is 3.00. The molecule has 0 saturated heterocycles. The van der Waals surface area contributed by atoms with E-state index in [4.69, 9.17) is 0 Å². The van der Waals surface area contributed by atoms with E-state index < -0.39 is 0 Å². The molecule has 1 unspecified atom stereocenters. The molecule has 1 saturated carbocycles. The number of hydrogen-bond acceptors (Lipinski definition) is 0. The molecule has 25 heavy (non-hydrogen) atoms. The van der Waals surface area contributed by atoms with Gasteiger partial charge in [0, 0.05) is 0 Å². The zero-order valence-electron chi connectivity index (χ0n) is 16.6. The van der Waals surface area contributed by atoms with Crippen LogP contribution in [0, 0.1) is 23.7 Å². The lowest BCUT2D eigenvalue weighted by molar-refractivity contribution is 0.223. The third-order valence-electron chi connectivity index (χ3n) is 7.63. The summed E-state index contributed by atoms with van der Waals surface area (Å²) in [6, 6.07) is 7.20. The van der Waals surface area contributed by atoms with Gasteiger partial charge in [0.1, 0.15) is 0 Å². The number of allylic oxidation sites excluding steroid dienone is 2. The van der Waals surface area contributed by atoms with E-state index in [1.165, 1.54) is 64.2 Å². The van der Waals surface area contributed by atoms with Crippen LogP contribution in [0.25, 0.3) is 5.57 Å². The monoisotopic (exact) mass is 336 g/mol. The molecule has 1 atom stereocenters. The van der Waals surface area contributed by atoms with Crippen molar-refractivity contribution < 1.29 is 0 Å². The van der Waals surface area contributed by atoms with Crippen LogP contribution in [0.1, 0.15) is 88.8 Å². The largest absolute Gasteiger partial charge is 0.0651 e. The maximum Gasteiger partial charge on any atom is -0.00548 e. The second kappa shape index (κ2) is 7.29. The molecule has 0 heteroatoms. The van der Waals surface area contributed by atoms with Gasteiger partial charge >= 0.3 is 0 Å². The lowest BCUT2D eigenvalue weighted by Crippen LogP contribution is -2.20. The first-order valence-electron chi connectivity index (χ1n) is 11.0. The molecule has 1 aromatic rings. The molecule has 1 fully saturated rings. The molecule has 4 rings (SSSR count). The summed E-state index contributed by atoms with van der Waals surface area (Å²) in [6.45, 7) is 7.20. The molecule has 0 spiro atoms. The highest BCUT2D eigenvalue weighted by molar-refractivity contribution is 5.79. The zero-order chi connectivity index (χ0) is 17.4. The number of hydrogen-bond donors (Lipinski definition) is 0. The molecule has 0 bridgehead atoms. The Morgan fingerprint density at radius 1 is 1.00 bits per heavy atom. The Kier molecular flexibility index (Phi) is 5.07. The van der Waals surface area contributed by atoms with Crippen LogP contribution >= 0.6 is 0 Å². The van der Waals surface area contributed by atoms with Crippen LogP contribution < -0.4 is 0 Å². The summed E-state index contributed by atoms with van der Waals surface area (Å²) in [5.41, 5.74) is 8.61. The maximum absolute atomic E-state index is 2.45. The fourth-order valence-electron chi connectivity index (χ4n) is 5.89. The Labute approximate surface area is 155 Å². The zero-order valence-corrected chi connectivity index (χ0v) is 16.6. The third-order valence-corrected chi connectivity index (χ3v) is 7.63. The van der Waals surface area contributed by atoms with Gasteiger partial charge in [-0.25, -0.2) is 0 Å². The van der Waals surface area contributed by atoms with Crippen LogP contribution in [0.15, 0.2) is 23.8 Å². The molecule has 0 aliphatic heterocycles. The van der Waals surface area contributed by atoms with Gasteiger partial charge in [-0.05, 0) is 104 Å². The van der Waals surface area contributed by atoms with E-state index in [0.29, 0.717) is 0 Å². The number of benzene rings is 1. The highest BCUT2D eigenvalue weighted by Crippen LogP contribution is 2.46. The molecule has 136 valence electrons. The smallest absolute Gasteiger partial charge is 0.00548 e. The fourth-order valence-corrected chi connectivity index (χ4v) is 5.89. The van der Waals surface area contributed by atoms with Crippen molar-refractivity contribution in [3.8, 4) is 0 Å². The summed E-state index contributed by atoms with van der Waals surface area (Å²) in [6.07, 6.45) is 13.9. The summed E-state index contributed by atoms with van der Waals surface area (Å²) in [7, 11) is 0. The van der Waals surface area contributed by atoms with Crippen LogP contribution in [-0.4, -0.2) is 0 Å². The third kappa shape index (κ3) is 3.46. The van der Waals surface area contributed by atoms with Gasteiger partial charge in [-0.15, -0.1) is 0 Å². The second-order valence-electron chi connectivity index (χ2n) is 9.46. The van der Waals surface area contributed by atoms with Crippen molar-refractivity contribution in [2.24, 2.45) is 23.7 Å². The molecule has 0 nitrogen and oxygen atoms in total. The molecule has 1 aromatic carbocycles. The molecule has 0 amide bonds. The molecule has 0 radical (unpaired) electrons. The summed E-state index contributed by atoms with van der Waals surface area (Å²) < 4.78 is 0. The Morgan fingerprint density at radius 3 is 2.52 bits per heavy atom. The van der Waals surface area contributed by atoms with Gasteiger partial charge in [-0.3, -0.25) is 0 Å². The lowest BCUT2D eigenvalue weighted by atomic mass is 9.74. The Hall–Kier alpha value is -1.04. The topological polar surface area (TPSA) is 0 Å². The standard InChI is InChI=1S/C25H36/c1-4-18-10-13-24-23(14-18)16-22-7-5-6-21(25(22)24)15-19-8-11-20(12-9-19)17(2)3/h5-7,17-20H,4,8-16H2,1-3H3. The van der Waals surface area contributed by atoms with Crippen molar-refractivity contribution in [1.29, 1.82) is 0 Å². The van der Waals surface area contributed by atoms with Gasteiger partial charge in [0.25, 0.3) is 0 Å². The molecular weight excluding hydrogens is 300 g/mol. The van der Waals surface area contributed by atoms with Crippen LogP contribution in [-0.2, 0) is 12.8 Å². The highest BCUT2D eigenvalue weighted by Gasteiger charge is 2.30. The van der Waals surface area contributed by atoms with E-state index in [-0.39, 0.29) is 0 Å². The van der Waals surface area contributed by atoms with Crippen molar-refractivity contribution in [1.82, 2.24) is 0 Å². The Balaban J connectivity index is 1.50. The predicted molar refractivity (Wildman–Crippen MR) is 109 cm³/mol. The lowest BCUT2D eigenvalue weighted by Gasteiger charge is -2.31. The highest BCUT2D eigenvalue weighted by atomic mass is 14.3. The van der Waals surface area contributed by atoms with Crippen molar-refractivity contribution in [2.75, 3.05) is 0 Å². The van der Waals surface area contributed by atoms with Crippen molar-refractivity contribution in [2.45, 2.75) is 85.0 Å². The molecule has 0 N–H and O–H groups in total. The SMILES string of the molecule is CCC1CCC2=C(Cc3cccc(CC4CCC(C(C)C)CC4)c32)C1. The van der Waals surface area contributed by atoms with Gasteiger partial charge in [0.15, 0.2) is 0 Å². The van der Waals surface area contributed by atoms with Gasteiger partial charge in [-0.2, -0.15) is 0 Å². The quantitative estimate of drug-likeness (QED) is 0.545. The minimum absolute atomic E-state index is 0.878. The van der Waals surface area contributed by atoms with E-state index in [1.807, 2.05) is 0 Å². The molecule has 3 aliphatic rings. The van der Waals surface area contributed by atoms with E-state index in [1.54, 1.807) is 27.8 Å². The van der Waals surface area contributed by atoms with Crippen molar-refractivity contribution >= 4 is 5.57 Å². The van der Waals surface area contributed by atoms with E-state index >= 15 is 0 Å². The average molecular weight is 337 g/mol. The predicted octanol–water partition coefficient (Wildman–Crippen LogP) is 7.21. The molecular formula is C25H36. The summed E-state index contributed by atoms with van der Waals surface area (Å²) in [4.78, 5) is 0. The fraction of sp³-hybridized carbons (Fsp3) is 0.680. The normalized spacial score (nSPS) is 29.0. The van der Waals surface area contributed by atoms with Gasteiger partial charge < -0.3 is 0 Å². The van der Waals surface area contributed by atoms with E-state index in [9.17, 15) is 0 Å². The minimum Gasteiger partial charge on any atom is -0.0651 e. The summed E-state index contributed by atoms with van der Waals surface area (Å²) in [5.74, 6) is 3.74. The van der Waals surface area contributed by atoms with Gasteiger partial charge in [0.2, 0.25) is 0 Å². The summed E-state index contributed by atoms with van der Waals surface area (Å²) in [5, 5.41) is 0. The molecule has 0 aromatic heterocycles. The van der Waals surface area contributed by atoms with Crippen molar-refractivity contribution in [3.05, 3.63) is 40.5 Å². The van der Waals surface area contributed by atoms with Crippen LogP contribution in [0.4, 0.5) is 0 Å². The van der Waals surface area contributed by atoms with E-state index in [0.717, 1.165) is 23.7 Å². The van der Waals surface area contributed by atoms with Gasteiger partial charge in [0.05, 0.1) is 0 Å². The van der Waals surface area contributed by atoms with Crippen molar-refractivity contribution in [3.63, 3.8) is 0 Å². The number of fused-ring (bicyclic) bond motifs is 2. The molecule has 0 heterocycles. The van der Waals surface area contributed by atoms with Gasteiger partial charge in [-0.1, -0.05) is 51.0 Å². The minimum atomic E-state index is 0.878. The maximum atomic E-state index is 2.45. The Morgan fingerprint density at radius 2 is 1.80 bits per heavy atom. The second-order valence-corrected chi connectivity index (χ2v) is 9.46. The van der Waals surface area contributed by atoms with Crippen LogP contribution in [0.2, 0.25) is 0 Å².